The van der Waals surface area contributed by atoms with E-state index in [0.717, 1.165) is 28.8 Å². The first-order valence-corrected chi connectivity index (χ1v) is 7.31. The minimum absolute atomic E-state index is 0.487. The third-order valence-electron chi connectivity index (χ3n) is 3.27. The van der Waals surface area contributed by atoms with Crippen LogP contribution in [0.15, 0.2) is 39.0 Å². The Labute approximate surface area is 133 Å². The molecule has 0 spiro atoms. The van der Waals surface area contributed by atoms with Gasteiger partial charge in [-0.25, -0.2) is 24.4 Å². The maximum Gasteiger partial charge on any atom is 0.348 e. The van der Waals surface area contributed by atoms with Crippen LogP contribution in [0.3, 0.4) is 0 Å². The largest absolute Gasteiger partial charge is 0.396 e. The Morgan fingerprint density at radius 1 is 1.17 bits per heavy atom. The molecule has 8 nitrogen and oxygen atoms in total. The molecule has 124 valence electrons. The van der Waals surface area contributed by atoms with Gasteiger partial charge in [-0.15, -0.1) is 0 Å². The van der Waals surface area contributed by atoms with E-state index in [1.54, 1.807) is 24.3 Å². The minimum atomic E-state index is -0.502. The van der Waals surface area contributed by atoms with Gasteiger partial charge in [-0.3, -0.25) is 0 Å². The van der Waals surface area contributed by atoms with E-state index in [9.17, 15) is 9.59 Å². The van der Waals surface area contributed by atoms with Gasteiger partial charge in [0.15, 0.2) is 0 Å². The van der Waals surface area contributed by atoms with E-state index in [1.807, 2.05) is 21.0 Å². The van der Waals surface area contributed by atoms with Crippen molar-refractivity contribution >= 4 is 5.71 Å². The van der Waals surface area contributed by atoms with Crippen molar-refractivity contribution in [3.63, 3.8) is 0 Å². The van der Waals surface area contributed by atoms with Crippen LogP contribution in [0.1, 0.15) is 18.9 Å². The average molecular weight is 319 g/mol. The molecule has 0 aliphatic rings. The van der Waals surface area contributed by atoms with Crippen molar-refractivity contribution in [3.8, 4) is 5.69 Å². The lowest BCUT2D eigenvalue weighted by atomic mass is 10.1. The maximum atomic E-state index is 11.5. The van der Waals surface area contributed by atoms with Crippen LogP contribution in [0, 0.1) is 0 Å². The van der Waals surface area contributed by atoms with E-state index < -0.39 is 11.4 Å². The number of nitrogens with one attached hydrogen (secondary N) is 2. The van der Waals surface area contributed by atoms with E-state index in [4.69, 9.17) is 4.84 Å². The van der Waals surface area contributed by atoms with Gasteiger partial charge < -0.3 is 9.74 Å². The number of aromatic nitrogens is 3. The summed E-state index contributed by atoms with van der Waals surface area (Å²) in [7, 11) is 4.02. The van der Waals surface area contributed by atoms with E-state index >= 15 is 0 Å². The molecule has 0 amide bonds. The Morgan fingerprint density at radius 2 is 1.78 bits per heavy atom. The van der Waals surface area contributed by atoms with Crippen LogP contribution in [0.2, 0.25) is 0 Å². The van der Waals surface area contributed by atoms with Gasteiger partial charge in [0.05, 0.1) is 11.4 Å². The molecule has 1 aromatic carbocycles. The molecular weight excluding hydrogens is 298 g/mol. The highest BCUT2D eigenvalue weighted by atomic mass is 16.6. The third kappa shape index (κ3) is 4.43. The molecule has 8 heteroatoms. The zero-order valence-electron chi connectivity index (χ0n) is 13.5. The first kappa shape index (κ1) is 16.8. The topological polar surface area (TPSA) is 95.5 Å². The molecule has 23 heavy (non-hydrogen) atoms. The molecule has 0 bridgehead atoms. The SMILES string of the molecule is C/C(=N\OCCCN(C)C)c1ccc(-n2c(=O)[nH][nH]c2=O)cc1. The van der Waals surface area contributed by atoms with E-state index in [0.29, 0.717) is 12.3 Å². The number of benzene rings is 1. The molecule has 0 aliphatic carbocycles. The van der Waals surface area contributed by atoms with E-state index in [-0.39, 0.29) is 0 Å². The lowest BCUT2D eigenvalue weighted by molar-refractivity contribution is 0.135. The van der Waals surface area contributed by atoms with Gasteiger partial charge in [-0.1, -0.05) is 17.3 Å². The molecule has 0 aliphatic heterocycles. The number of hydrogen-bond acceptors (Lipinski definition) is 5. The smallest absolute Gasteiger partial charge is 0.348 e. The highest BCUT2D eigenvalue weighted by molar-refractivity contribution is 5.98. The monoisotopic (exact) mass is 319 g/mol. The summed E-state index contributed by atoms with van der Waals surface area (Å²) in [6.45, 7) is 3.35. The van der Waals surface area contributed by atoms with E-state index in [2.05, 4.69) is 20.3 Å². The average Bonchev–Trinajstić information content (AvgIpc) is 2.85. The first-order chi connectivity index (χ1) is 11.0. The van der Waals surface area contributed by atoms with Gasteiger partial charge in [-0.2, -0.15) is 0 Å². The van der Waals surface area contributed by atoms with Crippen LogP contribution >= 0.6 is 0 Å². The first-order valence-electron chi connectivity index (χ1n) is 7.31. The van der Waals surface area contributed by atoms with Crippen LogP contribution in [0.5, 0.6) is 0 Å². The van der Waals surface area contributed by atoms with E-state index in [1.165, 1.54) is 0 Å². The second-order valence-electron chi connectivity index (χ2n) is 5.41. The van der Waals surface area contributed by atoms with Crippen molar-refractivity contribution in [2.45, 2.75) is 13.3 Å². The summed E-state index contributed by atoms with van der Waals surface area (Å²) in [6.07, 6.45) is 0.905. The van der Waals surface area contributed by atoms with Gasteiger partial charge in [0.1, 0.15) is 6.61 Å². The molecule has 0 unspecified atom stereocenters. The van der Waals surface area contributed by atoms with Crippen LogP contribution in [-0.4, -0.2) is 52.6 Å². The summed E-state index contributed by atoms with van der Waals surface area (Å²) in [5.41, 5.74) is 1.08. The van der Waals surface area contributed by atoms with Crippen molar-refractivity contribution in [1.29, 1.82) is 0 Å². The van der Waals surface area contributed by atoms with Gasteiger partial charge in [0.25, 0.3) is 0 Å². The standard InChI is InChI=1S/C15H21N5O3/c1-11(18-23-10-4-9-19(2)3)12-5-7-13(8-6-12)20-14(21)16-17-15(20)22/h5-8H,4,9-10H2,1-3H3,(H,16,21)(H,17,22)/b18-11+. The summed E-state index contributed by atoms with van der Waals surface area (Å²) < 4.78 is 1.02. The quantitative estimate of drug-likeness (QED) is 0.442. The summed E-state index contributed by atoms with van der Waals surface area (Å²) in [4.78, 5) is 30.5. The number of H-pyrrole nitrogens is 2. The number of nitrogens with zero attached hydrogens (tertiary/aromatic N) is 3. The third-order valence-corrected chi connectivity index (χ3v) is 3.27. The maximum absolute atomic E-state index is 11.5. The fourth-order valence-electron chi connectivity index (χ4n) is 2.04. The Hall–Kier alpha value is -2.61. The fraction of sp³-hybridized carbons (Fsp3) is 0.400. The normalized spacial score (nSPS) is 11.9. The summed E-state index contributed by atoms with van der Waals surface area (Å²) in [6, 6.07) is 6.95. The Bertz CT molecular complexity index is 740. The Balaban J connectivity index is 2.02. The molecule has 0 radical (unpaired) electrons. The summed E-state index contributed by atoms with van der Waals surface area (Å²) in [5, 5.41) is 8.56. The molecule has 1 heterocycles. The zero-order chi connectivity index (χ0) is 16.8. The molecule has 0 saturated carbocycles. The number of rotatable bonds is 7. The van der Waals surface area contributed by atoms with Crippen molar-refractivity contribution in [3.05, 3.63) is 50.8 Å². The molecule has 0 atom stereocenters. The van der Waals surface area contributed by atoms with Crippen molar-refractivity contribution in [2.75, 3.05) is 27.2 Å². The highest BCUT2D eigenvalue weighted by Gasteiger charge is 2.06. The van der Waals surface area contributed by atoms with Crippen LogP contribution in [-0.2, 0) is 4.84 Å². The second-order valence-corrected chi connectivity index (χ2v) is 5.41. The number of oxime groups is 1. The molecule has 2 aromatic rings. The second kappa shape index (κ2) is 7.59. The summed E-state index contributed by atoms with van der Waals surface area (Å²) in [5.74, 6) is 0. The van der Waals surface area contributed by atoms with Gasteiger partial charge in [0.2, 0.25) is 0 Å². The lowest BCUT2D eigenvalue weighted by Gasteiger charge is -2.08. The Morgan fingerprint density at radius 3 is 2.35 bits per heavy atom. The molecular formula is C15H21N5O3. The van der Waals surface area contributed by atoms with Gasteiger partial charge >= 0.3 is 11.4 Å². The van der Waals surface area contributed by atoms with Crippen molar-refractivity contribution in [2.24, 2.45) is 5.16 Å². The number of aromatic amines is 2. The molecule has 0 saturated heterocycles. The van der Waals surface area contributed by atoms with Crippen LogP contribution in [0.4, 0.5) is 0 Å². The lowest BCUT2D eigenvalue weighted by Crippen LogP contribution is -2.24. The van der Waals surface area contributed by atoms with Crippen LogP contribution in [0.25, 0.3) is 5.69 Å². The molecule has 0 fully saturated rings. The molecule has 2 rings (SSSR count). The van der Waals surface area contributed by atoms with Crippen molar-refractivity contribution in [1.82, 2.24) is 19.7 Å². The fourth-order valence-corrected chi connectivity index (χ4v) is 2.04. The highest BCUT2D eigenvalue weighted by Crippen LogP contribution is 2.07. The zero-order valence-corrected chi connectivity index (χ0v) is 13.5. The van der Waals surface area contributed by atoms with Crippen molar-refractivity contribution < 1.29 is 4.84 Å². The molecule has 2 N–H and O–H groups in total. The van der Waals surface area contributed by atoms with Gasteiger partial charge in [0, 0.05) is 6.54 Å². The minimum Gasteiger partial charge on any atom is -0.396 e. The van der Waals surface area contributed by atoms with Gasteiger partial charge in [-0.05, 0) is 45.1 Å². The summed E-state index contributed by atoms with van der Waals surface area (Å²) >= 11 is 0. The Kier molecular flexibility index (Phi) is 5.53. The predicted molar refractivity (Wildman–Crippen MR) is 88.3 cm³/mol. The van der Waals surface area contributed by atoms with Crippen LogP contribution < -0.4 is 11.4 Å². The molecule has 1 aromatic heterocycles. The number of hydrogen-bond donors (Lipinski definition) is 2. The predicted octanol–water partition coefficient (Wildman–Crippen LogP) is 0.546.